The fourth-order valence-electron chi connectivity index (χ4n) is 2.71. The van der Waals surface area contributed by atoms with Gasteiger partial charge < -0.3 is 24.4 Å². The van der Waals surface area contributed by atoms with Gasteiger partial charge in [0.1, 0.15) is 6.61 Å². The van der Waals surface area contributed by atoms with Gasteiger partial charge in [-0.1, -0.05) is 34.9 Å². The molecular weight excluding hydrogens is 408 g/mol. The summed E-state index contributed by atoms with van der Waals surface area (Å²) in [6.45, 7) is 10.2. The largest absolute Gasteiger partial charge is 0.502 e. The summed E-state index contributed by atoms with van der Waals surface area (Å²) in [5.41, 5.74) is 4.82. The number of carbonyl (C=O) groups excluding carboxylic acids is 1. The molecule has 2 N–H and O–H groups in total. The normalized spacial score (nSPS) is 11.2. The molecule has 0 bridgehead atoms. The zero-order chi connectivity index (χ0) is 24.5. The summed E-state index contributed by atoms with van der Waals surface area (Å²) >= 11 is 0. The summed E-state index contributed by atoms with van der Waals surface area (Å²) in [6, 6.07) is 3.17. The van der Waals surface area contributed by atoms with E-state index in [-0.39, 0.29) is 36.4 Å². The number of phenolic OH excluding ortho intramolecular Hbond substituents is 1. The van der Waals surface area contributed by atoms with Gasteiger partial charge in [0.05, 0.1) is 20.8 Å². The van der Waals surface area contributed by atoms with Crippen molar-refractivity contribution < 1.29 is 29.2 Å². The van der Waals surface area contributed by atoms with Crippen molar-refractivity contribution in [1.29, 1.82) is 0 Å². The fourth-order valence-corrected chi connectivity index (χ4v) is 2.71. The third kappa shape index (κ3) is 13.5. The highest BCUT2D eigenvalue weighted by molar-refractivity contribution is 5.66. The molecule has 0 aromatic heterocycles. The van der Waals surface area contributed by atoms with Crippen LogP contribution < -0.4 is 9.47 Å². The van der Waals surface area contributed by atoms with Crippen LogP contribution in [0.2, 0.25) is 0 Å². The van der Waals surface area contributed by atoms with Crippen LogP contribution in [-0.2, 0) is 16.1 Å². The summed E-state index contributed by atoms with van der Waals surface area (Å²) in [5, 5.41) is 18.3. The van der Waals surface area contributed by atoms with Gasteiger partial charge in [0, 0.05) is 6.92 Å². The monoisotopic (exact) mass is 448 g/mol. The third-order valence-electron chi connectivity index (χ3n) is 4.54. The first-order valence-electron chi connectivity index (χ1n) is 10.8. The van der Waals surface area contributed by atoms with E-state index in [1.54, 1.807) is 12.1 Å². The number of aliphatic hydroxyl groups is 1. The molecule has 1 aromatic carbocycles. The second-order valence-corrected chi connectivity index (χ2v) is 7.77. The van der Waals surface area contributed by atoms with Gasteiger partial charge in [0.15, 0.2) is 11.5 Å². The highest BCUT2D eigenvalue weighted by Gasteiger charge is 2.11. The SMILES string of the molecule is CC(C)=CCCC(C)=CCCC(C)=CCO.COc1cc(COC(C)=O)cc(OC)c1O. The van der Waals surface area contributed by atoms with Crippen LogP contribution in [0.1, 0.15) is 65.9 Å². The van der Waals surface area contributed by atoms with Crippen molar-refractivity contribution in [2.75, 3.05) is 20.8 Å². The van der Waals surface area contributed by atoms with Crippen molar-refractivity contribution >= 4 is 5.97 Å². The van der Waals surface area contributed by atoms with Gasteiger partial charge in [0.2, 0.25) is 5.75 Å². The molecule has 1 aromatic rings. The number of phenols is 1. The molecule has 0 aliphatic rings. The Kier molecular flexibility index (Phi) is 15.5. The van der Waals surface area contributed by atoms with Gasteiger partial charge in [-0.2, -0.15) is 0 Å². The summed E-state index contributed by atoms with van der Waals surface area (Å²) in [7, 11) is 2.87. The Labute approximate surface area is 193 Å². The average molecular weight is 449 g/mol. The first-order chi connectivity index (χ1) is 15.1. The minimum Gasteiger partial charge on any atom is -0.502 e. The molecule has 0 saturated carbocycles. The number of benzene rings is 1. The van der Waals surface area contributed by atoms with Crippen molar-refractivity contribution in [2.24, 2.45) is 0 Å². The lowest BCUT2D eigenvalue weighted by atomic mass is 10.1. The van der Waals surface area contributed by atoms with Crippen LogP contribution >= 0.6 is 0 Å². The molecule has 0 saturated heterocycles. The van der Waals surface area contributed by atoms with E-state index in [0.717, 1.165) is 25.7 Å². The molecule has 0 aliphatic heterocycles. The standard InChI is InChI=1S/C15H26O.C11H14O5/c1-13(2)7-5-8-14(3)9-6-10-15(4)11-12-16;1-7(12)16-6-8-4-9(14-2)11(13)10(5-8)15-3/h7,9,11,16H,5-6,8,10,12H2,1-4H3;4-5,13H,6H2,1-3H3. The molecule has 0 fully saturated rings. The van der Waals surface area contributed by atoms with Crippen LogP contribution in [0, 0.1) is 0 Å². The number of methoxy groups -OCH3 is 2. The molecule has 1 rings (SSSR count). The highest BCUT2D eigenvalue weighted by Crippen LogP contribution is 2.37. The number of hydrogen-bond donors (Lipinski definition) is 2. The molecule has 0 radical (unpaired) electrons. The van der Waals surface area contributed by atoms with E-state index < -0.39 is 0 Å². The number of carbonyl (C=O) groups is 1. The van der Waals surface area contributed by atoms with Gasteiger partial charge in [-0.05, 0) is 71.1 Å². The number of aromatic hydroxyl groups is 1. The second kappa shape index (κ2) is 16.9. The summed E-state index contributed by atoms with van der Waals surface area (Å²) in [5.74, 6) is 0.116. The maximum absolute atomic E-state index is 10.7. The van der Waals surface area contributed by atoms with Crippen LogP contribution in [0.4, 0.5) is 0 Å². The maximum Gasteiger partial charge on any atom is 0.302 e. The predicted octanol–water partition coefficient (Wildman–Crippen LogP) is 5.87. The molecular formula is C26H40O6. The predicted molar refractivity (Wildman–Crippen MR) is 129 cm³/mol. The fraction of sp³-hybridized carbons (Fsp3) is 0.500. The summed E-state index contributed by atoms with van der Waals surface area (Å²) in [6.07, 6.45) is 10.9. The van der Waals surface area contributed by atoms with Gasteiger partial charge >= 0.3 is 5.97 Å². The molecule has 6 nitrogen and oxygen atoms in total. The lowest BCUT2D eigenvalue weighted by Crippen LogP contribution is -2.00. The van der Waals surface area contributed by atoms with E-state index in [9.17, 15) is 9.90 Å². The van der Waals surface area contributed by atoms with Crippen LogP contribution in [-0.4, -0.2) is 37.0 Å². The number of ether oxygens (including phenoxy) is 3. The van der Waals surface area contributed by atoms with E-state index in [1.165, 1.54) is 37.9 Å². The number of hydrogen-bond acceptors (Lipinski definition) is 6. The molecule has 0 heterocycles. The van der Waals surface area contributed by atoms with Gasteiger partial charge in [-0.25, -0.2) is 0 Å². The lowest BCUT2D eigenvalue weighted by Gasteiger charge is -2.11. The van der Waals surface area contributed by atoms with E-state index in [2.05, 4.69) is 39.8 Å². The zero-order valence-electron chi connectivity index (χ0n) is 20.7. The lowest BCUT2D eigenvalue weighted by molar-refractivity contribution is -0.142. The van der Waals surface area contributed by atoms with Crippen LogP contribution in [0.25, 0.3) is 0 Å². The molecule has 0 unspecified atom stereocenters. The second-order valence-electron chi connectivity index (χ2n) is 7.77. The Morgan fingerprint density at radius 2 is 1.38 bits per heavy atom. The highest BCUT2D eigenvalue weighted by atomic mass is 16.5. The average Bonchev–Trinajstić information content (AvgIpc) is 2.73. The minimum atomic E-state index is -0.369. The zero-order valence-corrected chi connectivity index (χ0v) is 20.7. The summed E-state index contributed by atoms with van der Waals surface area (Å²) in [4.78, 5) is 10.7. The molecule has 0 spiro atoms. The molecule has 0 atom stereocenters. The van der Waals surface area contributed by atoms with Crippen LogP contribution in [0.15, 0.2) is 47.1 Å². The Morgan fingerprint density at radius 3 is 1.81 bits per heavy atom. The first kappa shape index (κ1) is 29.3. The van der Waals surface area contributed by atoms with Gasteiger partial charge in [-0.15, -0.1) is 0 Å². The van der Waals surface area contributed by atoms with E-state index >= 15 is 0 Å². The van der Waals surface area contributed by atoms with Gasteiger partial charge in [-0.3, -0.25) is 4.79 Å². The van der Waals surface area contributed by atoms with Crippen molar-refractivity contribution in [2.45, 2.75) is 66.9 Å². The van der Waals surface area contributed by atoms with E-state index in [1.807, 2.05) is 6.08 Å². The molecule has 0 aliphatic carbocycles. The number of aliphatic hydroxyl groups excluding tert-OH is 1. The van der Waals surface area contributed by atoms with Crippen molar-refractivity contribution in [1.82, 2.24) is 0 Å². The topological polar surface area (TPSA) is 85.2 Å². The smallest absolute Gasteiger partial charge is 0.302 e. The Bertz CT molecular complexity index is 761. The van der Waals surface area contributed by atoms with Crippen molar-refractivity contribution in [3.63, 3.8) is 0 Å². The Hall–Kier alpha value is -2.73. The molecule has 32 heavy (non-hydrogen) atoms. The summed E-state index contributed by atoms with van der Waals surface area (Å²) < 4.78 is 14.8. The minimum absolute atomic E-state index is 0.0726. The van der Waals surface area contributed by atoms with Crippen LogP contribution in [0.5, 0.6) is 17.2 Å². The molecule has 180 valence electrons. The van der Waals surface area contributed by atoms with Gasteiger partial charge in [0.25, 0.3) is 0 Å². The van der Waals surface area contributed by atoms with E-state index in [4.69, 9.17) is 19.3 Å². The number of esters is 1. The molecule has 0 amide bonds. The Morgan fingerprint density at radius 1 is 0.875 bits per heavy atom. The quantitative estimate of drug-likeness (QED) is 0.325. The van der Waals surface area contributed by atoms with Crippen molar-refractivity contribution in [3.8, 4) is 17.2 Å². The Balaban J connectivity index is 0.000000601. The third-order valence-corrected chi connectivity index (χ3v) is 4.54. The van der Waals surface area contributed by atoms with Crippen molar-refractivity contribution in [3.05, 3.63) is 52.6 Å². The molecule has 6 heteroatoms. The number of allylic oxidation sites excluding steroid dienone is 5. The van der Waals surface area contributed by atoms with Crippen LogP contribution in [0.3, 0.4) is 0 Å². The number of rotatable bonds is 11. The first-order valence-corrected chi connectivity index (χ1v) is 10.8. The van der Waals surface area contributed by atoms with E-state index in [0.29, 0.717) is 5.56 Å². The maximum atomic E-state index is 10.7.